The Morgan fingerprint density at radius 1 is 1.42 bits per heavy atom. The third kappa shape index (κ3) is 3.48. The second kappa shape index (κ2) is 6.24. The van der Waals surface area contributed by atoms with Crippen LogP contribution in [0.25, 0.3) is 11.3 Å². The number of anilines is 1. The molecule has 98 valence electrons. The highest BCUT2D eigenvalue weighted by Gasteiger charge is 2.11. The van der Waals surface area contributed by atoms with Gasteiger partial charge in [-0.25, -0.2) is 9.37 Å². The summed E-state index contributed by atoms with van der Waals surface area (Å²) >= 11 is 1.35. The first-order valence-electron chi connectivity index (χ1n) is 5.81. The van der Waals surface area contributed by atoms with Crippen molar-refractivity contribution in [3.8, 4) is 11.3 Å². The highest BCUT2D eigenvalue weighted by Crippen LogP contribution is 2.30. The molecule has 0 unspecified atom stereocenters. The second-order valence-electron chi connectivity index (χ2n) is 3.91. The molecule has 0 radical (unpaired) electrons. The zero-order chi connectivity index (χ0) is 13.7. The molecular formula is C14H13FN2OS. The summed E-state index contributed by atoms with van der Waals surface area (Å²) in [6, 6.07) is 6.03. The van der Waals surface area contributed by atoms with Gasteiger partial charge < -0.3 is 5.32 Å². The summed E-state index contributed by atoms with van der Waals surface area (Å²) in [5.74, 6) is -0.372. The lowest BCUT2D eigenvalue weighted by Crippen LogP contribution is -2.10. The summed E-state index contributed by atoms with van der Waals surface area (Å²) in [5, 5.41) is 3.50. The summed E-state index contributed by atoms with van der Waals surface area (Å²) in [6.07, 6.45) is 2.73. The summed E-state index contributed by atoms with van der Waals surface area (Å²) in [5.41, 5.74) is 3.10. The maximum atomic E-state index is 12.9. The number of nitrogens with one attached hydrogen (secondary N) is 1. The number of rotatable bonds is 5. The Morgan fingerprint density at radius 2 is 2.16 bits per heavy atom. The maximum Gasteiger partial charge on any atom is 0.225 e. The number of halogens is 1. The molecule has 3 nitrogen and oxygen atoms in total. The fourth-order valence-electron chi connectivity index (χ4n) is 1.57. The average Bonchev–Trinajstić information content (AvgIpc) is 2.85. The smallest absolute Gasteiger partial charge is 0.225 e. The first-order chi connectivity index (χ1) is 9.20. The van der Waals surface area contributed by atoms with E-state index in [1.165, 1.54) is 23.5 Å². The van der Waals surface area contributed by atoms with E-state index in [2.05, 4.69) is 16.9 Å². The standard InChI is InChI=1S/C14H13FN2OS/c1-2-3-4-12(18)17-14-13(16-9-19-14)10-5-7-11(15)8-6-10/h2,5-9H,1,3-4H2,(H,17,18). The Kier molecular flexibility index (Phi) is 4.41. The number of carbonyl (C=O) groups is 1. The van der Waals surface area contributed by atoms with Crippen LogP contribution in [0.15, 0.2) is 42.4 Å². The van der Waals surface area contributed by atoms with Crippen molar-refractivity contribution in [3.05, 3.63) is 48.2 Å². The van der Waals surface area contributed by atoms with Crippen molar-refractivity contribution in [2.75, 3.05) is 5.32 Å². The lowest BCUT2D eigenvalue weighted by atomic mass is 10.1. The molecule has 0 bridgehead atoms. The van der Waals surface area contributed by atoms with Gasteiger partial charge in [0.1, 0.15) is 16.5 Å². The molecule has 1 N–H and O–H groups in total. The zero-order valence-electron chi connectivity index (χ0n) is 10.2. The molecule has 0 aliphatic heterocycles. The minimum atomic E-state index is -0.296. The van der Waals surface area contributed by atoms with E-state index in [1.54, 1.807) is 23.7 Å². The van der Waals surface area contributed by atoms with Gasteiger partial charge in [0.2, 0.25) is 5.91 Å². The summed E-state index contributed by atoms with van der Waals surface area (Å²) in [6.45, 7) is 3.58. The van der Waals surface area contributed by atoms with Gasteiger partial charge in [-0.1, -0.05) is 6.08 Å². The molecule has 2 aromatic rings. The molecule has 0 saturated carbocycles. The monoisotopic (exact) mass is 276 g/mol. The first-order valence-corrected chi connectivity index (χ1v) is 6.69. The molecule has 1 aromatic heterocycles. The number of hydrogen-bond acceptors (Lipinski definition) is 3. The van der Waals surface area contributed by atoms with Crippen LogP contribution in [-0.4, -0.2) is 10.9 Å². The Hall–Kier alpha value is -2.01. The quantitative estimate of drug-likeness (QED) is 0.843. The van der Waals surface area contributed by atoms with E-state index in [1.807, 2.05) is 0 Å². The Bertz CT molecular complexity index is 577. The second-order valence-corrected chi connectivity index (χ2v) is 4.77. The van der Waals surface area contributed by atoms with E-state index >= 15 is 0 Å². The van der Waals surface area contributed by atoms with Crippen LogP contribution in [0.4, 0.5) is 9.39 Å². The van der Waals surface area contributed by atoms with Gasteiger partial charge in [0, 0.05) is 12.0 Å². The van der Waals surface area contributed by atoms with Crippen molar-refractivity contribution in [1.29, 1.82) is 0 Å². The van der Waals surface area contributed by atoms with Crippen LogP contribution < -0.4 is 5.32 Å². The summed E-state index contributed by atoms with van der Waals surface area (Å²) in [7, 11) is 0. The SMILES string of the molecule is C=CCCC(=O)Nc1scnc1-c1ccc(F)cc1. The van der Waals surface area contributed by atoms with Gasteiger partial charge >= 0.3 is 0 Å². The molecule has 1 heterocycles. The van der Waals surface area contributed by atoms with Crippen LogP contribution in [0.5, 0.6) is 0 Å². The number of aromatic nitrogens is 1. The number of allylic oxidation sites excluding steroid dienone is 1. The van der Waals surface area contributed by atoms with Crippen molar-refractivity contribution < 1.29 is 9.18 Å². The molecule has 0 aliphatic carbocycles. The number of nitrogens with zero attached hydrogens (tertiary/aromatic N) is 1. The van der Waals surface area contributed by atoms with Crippen LogP contribution in [0.2, 0.25) is 0 Å². The van der Waals surface area contributed by atoms with Crippen LogP contribution in [0.3, 0.4) is 0 Å². The molecule has 2 rings (SSSR count). The van der Waals surface area contributed by atoms with Gasteiger partial charge in [0.15, 0.2) is 0 Å². The van der Waals surface area contributed by atoms with Crippen molar-refractivity contribution in [1.82, 2.24) is 4.98 Å². The fraction of sp³-hybridized carbons (Fsp3) is 0.143. The minimum Gasteiger partial charge on any atom is -0.316 e. The molecule has 0 saturated heterocycles. The van der Waals surface area contributed by atoms with E-state index < -0.39 is 0 Å². The van der Waals surface area contributed by atoms with Crippen molar-refractivity contribution in [2.24, 2.45) is 0 Å². The molecule has 1 amide bonds. The van der Waals surface area contributed by atoms with Crippen LogP contribution >= 0.6 is 11.3 Å². The topological polar surface area (TPSA) is 42.0 Å². The highest BCUT2D eigenvalue weighted by atomic mass is 32.1. The van der Waals surface area contributed by atoms with Crippen LogP contribution in [0, 0.1) is 5.82 Å². The van der Waals surface area contributed by atoms with Gasteiger partial charge in [0.25, 0.3) is 0 Å². The highest BCUT2D eigenvalue weighted by molar-refractivity contribution is 7.14. The van der Waals surface area contributed by atoms with Gasteiger partial charge in [-0.2, -0.15) is 0 Å². The van der Waals surface area contributed by atoms with E-state index in [9.17, 15) is 9.18 Å². The number of carbonyl (C=O) groups excluding carboxylic acids is 1. The number of thiazole rings is 1. The Labute approximate surface area is 114 Å². The van der Waals surface area contributed by atoms with Crippen LogP contribution in [-0.2, 0) is 4.79 Å². The van der Waals surface area contributed by atoms with Gasteiger partial charge in [-0.15, -0.1) is 17.9 Å². The Balaban J connectivity index is 2.15. The van der Waals surface area contributed by atoms with Crippen molar-refractivity contribution >= 4 is 22.2 Å². The average molecular weight is 276 g/mol. The lowest BCUT2D eigenvalue weighted by Gasteiger charge is -2.04. The maximum absolute atomic E-state index is 12.9. The molecule has 1 aromatic carbocycles. The van der Waals surface area contributed by atoms with E-state index in [0.29, 0.717) is 23.5 Å². The largest absolute Gasteiger partial charge is 0.316 e. The number of hydrogen-bond donors (Lipinski definition) is 1. The third-order valence-electron chi connectivity index (χ3n) is 2.51. The molecule has 0 fully saturated rings. The normalized spacial score (nSPS) is 10.2. The number of amides is 1. The molecule has 19 heavy (non-hydrogen) atoms. The van der Waals surface area contributed by atoms with E-state index in [-0.39, 0.29) is 11.7 Å². The van der Waals surface area contributed by atoms with Gasteiger partial charge in [-0.05, 0) is 30.7 Å². The third-order valence-corrected chi connectivity index (χ3v) is 3.26. The Morgan fingerprint density at radius 3 is 2.84 bits per heavy atom. The van der Waals surface area contributed by atoms with Crippen molar-refractivity contribution in [3.63, 3.8) is 0 Å². The molecular weight excluding hydrogens is 263 g/mol. The predicted octanol–water partition coefficient (Wildman–Crippen LogP) is 3.85. The predicted molar refractivity (Wildman–Crippen MR) is 75.6 cm³/mol. The van der Waals surface area contributed by atoms with Crippen molar-refractivity contribution in [2.45, 2.75) is 12.8 Å². The van der Waals surface area contributed by atoms with Gasteiger partial charge in [-0.3, -0.25) is 4.79 Å². The molecule has 5 heteroatoms. The van der Waals surface area contributed by atoms with E-state index in [4.69, 9.17) is 0 Å². The van der Waals surface area contributed by atoms with Crippen LogP contribution in [0.1, 0.15) is 12.8 Å². The summed E-state index contributed by atoms with van der Waals surface area (Å²) in [4.78, 5) is 15.9. The minimum absolute atomic E-state index is 0.0764. The molecule has 0 atom stereocenters. The number of benzene rings is 1. The fourth-order valence-corrected chi connectivity index (χ4v) is 2.29. The first kappa shape index (κ1) is 13.4. The lowest BCUT2D eigenvalue weighted by molar-refractivity contribution is -0.116. The molecule has 0 aliphatic rings. The molecule has 0 spiro atoms. The zero-order valence-corrected chi connectivity index (χ0v) is 11.0. The van der Waals surface area contributed by atoms with Gasteiger partial charge in [0.05, 0.1) is 5.51 Å². The van der Waals surface area contributed by atoms with E-state index in [0.717, 1.165) is 5.56 Å². The summed E-state index contributed by atoms with van der Waals surface area (Å²) < 4.78 is 12.9.